The van der Waals surface area contributed by atoms with E-state index >= 15 is 0 Å². The van der Waals surface area contributed by atoms with Crippen LogP contribution in [-0.2, 0) is 4.74 Å². The van der Waals surface area contributed by atoms with Gasteiger partial charge in [-0.05, 0) is 30.2 Å². The maximum absolute atomic E-state index is 12.9. The highest BCUT2D eigenvalue weighted by Crippen LogP contribution is 2.21. The van der Waals surface area contributed by atoms with Crippen molar-refractivity contribution < 1.29 is 9.53 Å². The zero-order valence-electron chi connectivity index (χ0n) is 14.3. The number of halogens is 1. The Balaban J connectivity index is 1.92. The molecule has 0 aliphatic rings. The highest BCUT2D eigenvalue weighted by Gasteiger charge is 2.18. The quantitative estimate of drug-likeness (QED) is 0.695. The largest absolute Gasteiger partial charge is 0.385 e. The molecule has 1 atom stereocenters. The monoisotopic (exact) mass is 370 g/mol. The van der Waals surface area contributed by atoms with E-state index in [-0.39, 0.29) is 17.5 Å². The summed E-state index contributed by atoms with van der Waals surface area (Å²) >= 11 is 5.96. The molecule has 3 aromatic rings. The maximum Gasteiger partial charge on any atom is 0.255 e. The van der Waals surface area contributed by atoms with Crippen molar-refractivity contribution in [1.29, 1.82) is 0 Å². The molecule has 1 amide bonds. The molecule has 0 fully saturated rings. The van der Waals surface area contributed by atoms with Gasteiger partial charge in [0.25, 0.3) is 11.5 Å². The van der Waals surface area contributed by atoms with E-state index in [9.17, 15) is 9.59 Å². The molecule has 1 aromatic heterocycles. The Kier molecular flexibility index (Phi) is 5.71. The smallest absolute Gasteiger partial charge is 0.255 e. The molecule has 1 heterocycles. The molecule has 0 saturated carbocycles. The van der Waals surface area contributed by atoms with Crippen LogP contribution in [-0.4, -0.2) is 24.6 Å². The van der Waals surface area contributed by atoms with Gasteiger partial charge in [0.2, 0.25) is 0 Å². The van der Waals surface area contributed by atoms with E-state index in [2.05, 4.69) is 10.3 Å². The third-order valence-corrected chi connectivity index (χ3v) is 4.49. The number of aromatic amines is 1. The van der Waals surface area contributed by atoms with Crippen molar-refractivity contribution in [3.05, 3.63) is 81.2 Å². The van der Waals surface area contributed by atoms with Crippen LogP contribution in [0.1, 0.15) is 28.4 Å². The number of methoxy groups -OCH3 is 1. The molecular formula is C20H19ClN2O3. The van der Waals surface area contributed by atoms with Gasteiger partial charge in [-0.3, -0.25) is 9.59 Å². The van der Waals surface area contributed by atoms with E-state index in [1.807, 2.05) is 12.1 Å². The standard InChI is InChI=1S/C20H19ClN2O3/c1-26-11-10-18(13-6-8-14(21)9-7-13)23-20(25)17-12-22-19(24)16-5-3-2-4-15(16)17/h2-9,12,18H,10-11H2,1H3,(H,22,24)(H,23,25). The molecular weight excluding hydrogens is 352 g/mol. The van der Waals surface area contributed by atoms with E-state index in [0.717, 1.165) is 5.56 Å². The molecule has 0 saturated heterocycles. The molecule has 1 unspecified atom stereocenters. The third kappa shape index (κ3) is 3.95. The molecule has 5 nitrogen and oxygen atoms in total. The van der Waals surface area contributed by atoms with Gasteiger partial charge in [-0.25, -0.2) is 0 Å². The number of nitrogens with one attached hydrogen (secondary N) is 2. The van der Waals surface area contributed by atoms with Gasteiger partial charge < -0.3 is 15.0 Å². The van der Waals surface area contributed by atoms with Crippen molar-refractivity contribution in [2.75, 3.05) is 13.7 Å². The lowest BCUT2D eigenvalue weighted by atomic mass is 10.0. The Morgan fingerprint density at radius 1 is 1.15 bits per heavy atom. The van der Waals surface area contributed by atoms with Crippen LogP contribution in [0.2, 0.25) is 5.02 Å². The second kappa shape index (κ2) is 8.17. The Hall–Kier alpha value is -2.63. The number of ether oxygens (including phenoxy) is 1. The van der Waals surface area contributed by atoms with Crippen LogP contribution in [0, 0.1) is 0 Å². The molecule has 0 bridgehead atoms. The molecule has 2 N–H and O–H groups in total. The van der Waals surface area contributed by atoms with E-state index in [4.69, 9.17) is 16.3 Å². The molecule has 6 heteroatoms. The van der Waals surface area contributed by atoms with Crippen LogP contribution in [0.4, 0.5) is 0 Å². The first-order valence-electron chi connectivity index (χ1n) is 8.26. The van der Waals surface area contributed by atoms with Crippen molar-refractivity contribution in [3.8, 4) is 0 Å². The third-order valence-electron chi connectivity index (χ3n) is 4.24. The maximum atomic E-state index is 12.9. The van der Waals surface area contributed by atoms with Crippen LogP contribution in [0.5, 0.6) is 0 Å². The van der Waals surface area contributed by atoms with E-state index in [1.165, 1.54) is 6.20 Å². The van der Waals surface area contributed by atoms with Crippen molar-refractivity contribution in [2.24, 2.45) is 0 Å². The molecule has 134 valence electrons. The normalized spacial score (nSPS) is 12.1. The summed E-state index contributed by atoms with van der Waals surface area (Å²) in [5.41, 5.74) is 1.15. The predicted molar refractivity (Wildman–Crippen MR) is 103 cm³/mol. The molecule has 2 aromatic carbocycles. The Morgan fingerprint density at radius 3 is 2.54 bits per heavy atom. The highest BCUT2D eigenvalue weighted by molar-refractivity contribution is 6.30. The number of amides is 1. The number of fused-ring (bicyclic) bond motifs is 1. The summed E-state index contributed by atoms with van der Waals surface area (Å²) in [6.07, 6.45) is 2.07. The molecule has 26 heavy (non-hydrogen) atoms. The highest BCUT2D eigenvalue weighted by atomic mass is 35.5. The molecule has 0 spiro atoms. The lowest BCUT2D eigenvalue weighted by molar-refractivity contribution is 0.0926. The zero-order valence-corrected chi connectivity index (χ0v) is 15.0. The minimum absolute atomic E-state index is 0.217. The van der Waals surface area contributed by atoms with E-state index < -0.39 is 0 Å². The van der Waals surface area contributed by atoms with Gasteiger partial charge in [0.15, 0.2) is 0 Å². The molecule has 0 aliphatic carbocycles. The van der Waals surface area contributed by atoms with E-state index in [0.29, 0.717) is 34.4 Å². The van der Waals surface area contributed by atoms with Crippen LogP contribution in [0.15, 0.2) is 59.5 Å². The van der Waals surface area contributed by atoms with Gasteiger partial charge in [-0.2, -0.15) is 0 Å². The first-order chi connectivity index (χ1) is 12.6. The zero-order chi connectivity index (χ0) is 18.5. The topological polar surface area (TPSA) is 71.2 Å². The van der Waals surface area contributed by atoms with Crippen molar-refractivity contribution in [2.45, 2.75) is 12.5 Å². The number of pyridine rings is 1. The number of benzene rings is 2. The number of carbonyl (C=O) groups is 1. The van der Waals surface area contributed by atoms with Crippen molar-refractivity contribution in [3.63, 3.8) is 0 Å². The summed E-state index contributed by atoms with van der Waals surface area (Å²) in [6.45, 7) is 0.500. The average molecular weight is 371 g/mol. The Labute approximate surface area is 156 Å². The van der Waals surface area contributed by atoms with Crippen LogP contribution >= 0.6 is 11.6 Å². The lowest BCUT2D eigenvalue weighted by Gasteiger charge is -2.19. The lowest BCUT2D eigenvalue weighted by Crippen LogP contribution is -2.30. The number of H-pyrrole nitrogens is 1. The fraction of sp³-hybridized carbons (Fsp3) is 0.200. The van der Waals surface area contributed by atoms with E-state index in [1.54, 1.807) is 43.5 Å². The molecule has 0 aliphatic heterocycles. The first kappa shape index (κ1) is 18.2. The second-order valence-electron chi connectivity index (χ2n) is 5.94. The molecule has 3 rings (SSSR count). The van der Waals surface area contributed by atoms with Gasteiger partial charge in [0.1, 0.15) is 0 Å². The average Bonchev–Trinajstić information content (AvgIpc) is 2.66. The second-order valence-corrected chi connectivity index (χ2v) is 6.37. The number of hydrogen-bond donors (Lipinski definition) is 2. The minimum atomic E-state index is -0.256. The SMILES string of the molecule is COCCC(NC(=O)c1c[nH]c(=O)c2ccccc12)c1ccc(Cl)cc1. The summed E-state index contributed by atoms with van der Waals surface area (Å²) in [4.78, 5) is 27.5. The van der Waals surface area contributed by atoms with Gasteiger partial charge in [0, 0.05) is 35.7 Å². The van der Waals surface area contributed by atoms with Gasteiger partial charge >= 0.3 is 0 Å². The summed E-state index contributed by atoms with van der Waals surface area (Å²) in [6, 6.07) is 14.2. The number of carbonyl (C=O) groups excluding carboxylic acids is 1. The fourth-order valence-electron chi connectivity index (χ4n) is 2.89. The van der Waals surface area contributed by atoms with Gasteiger partial charge in [0.05, 0.1) is 11.6 Å². The predicted octanol–water partition coefficient (Wildman–Crippen LogP) is 3.69. The number of aromatic nitrogens is 1. The minimum Gasteiger partial charge on any atom is -0.385 e. The van der Waals surface area contributed by atoms with Gasteiger partial charge in [-0.15, -0.1) is 0 Å². The van der Waals surface area contributed by atoms with Crippen LogP contribution in [0.25, 0.3) is 10.8 Å². The van der Waals surface area contributed by atoms with Crippen molar-refractivity contribution in [1.82, 2.24) is 10.3 Å². The number of rotatable bonds is 6. The summed E-state index contributed by atoms with van der Waals surface area (Å²) < 4.78 is 5.17. The summed E-state index contributed by atoms with van der Waals surface area (Å²) in [5, 5.41) is 4.77. The molecule has 0 radical (unpaired) electrons. The van der Waals surface area contributed by atoms with Gasteiger partial charge in [-0.1, -0.05) is 41.9 Å². The Bertz CT molecular complexity index is 967. The summed E-state index contributed by atoms with van der Waals surface area (Å²) in [7, 11) is 1.62. The first-order valence-corrected chi connectivity index (χ1v) is 8.63. The number of hydrogen-bond acceptors (Lipinski definition) is 3. The Morgan fingerprint density at radius 2 is 1.85 bits per heavy atom. The summed E-state index contributed by atoms with van der Waals surface area (Å²) in [5.74, 6) is -0.256. The van der Waals surface area contributed by atoms with Crippen molar-refractivity contribution >= 4 is 28.3 Å². The van der Waals surface area contributed by atoms with Crippen LogP contribution in [0.3, 0.4) is 0 Å². The fourth-order valence-corrected chi connectivity index (χ4v) is 3.01. The van der Waals surface area contributed by atoms with Crippen LogP contribution < -0.4 is 10.9 Å².